The zero-order valence-corrected chi connectivity index (χ0v) is 21.8. The van der Waals surface area contributed by atoms with Crippen molar-refractivity contribution in [1.29, 1.82) is 0 Å². The summed E-state index contributed by atoms with van der Waals surface area (Å²) in [5.41, 5.74) is 1.63. The van der Waals surface area contributed by atoms with E-state index in [0.29, 0.717) is 40.8 Å². The third-order valence-electron chi connectivity index (χ3n) is 5.78. The van der Waals surface area contributed by atoms with Crippen LogP contribution in [0.3, 0.4) is 0 Å². The van der Waals surface area contributed by atoms with Crippen molar-refractivity contribution in [3.63, 3.8) is 0 Å². The largest absolute Gasteiger partial charge is 0.493 e. The van der Waals surface area contributed by atoms with Gasteiger partial charge in [0.25, 0.3) is 5.91 Å². The van der Waals surface area contributed by atoms with Crippen molar-refractivity contribution in [1.82, 2.24) is 10.2 Å². The maximum absolute atomic E-state index is 13.4. The molecule has 0 unspecified atom stereocenters. The van der Waals surface area contributed by atoms with Crippen LogP contribution in [0.1, 0.15) is 18.1 Å². The van der Waals surface area contributed by atoms with Crippen LogP contribution >= 0.6 is 11.6 Å². The number of carbonyl (C=O) groups is 2. The molecule has 3 aromatic rings. The topological polar surface area (TPSA) is 77.1 Å². The summed E-state index contributed by atoms with van der Waals surface area (Å²) in [5.74, 6) is 0.475. The van der Waals surface area contributed by atoms with Crippen molar-refractivity contribution in [2.24, 2.45) is 0 Å². The summed E-state index contributed by atoms with van der Waals surface area (Å²) in [6, 6.07) is 17.3. The van der Waals surface area contributed by atoms with Gasteiger partial charge in [-0.1, -0.05) is 41.9 Å². The fraction of sp³-hybridized carbons (Fsp3) is 0.286. The molecule has 3 aromatic carbocycles. The maximum atomic E-state index is 13.4. The van der Waals surface area contributed by atoms with Gasteiger partial charge in [-0.2, -0.15) is 0 Å². The number of halogens is 2. The molecule has 0 fully saturated rings. The zero-order chi connectivity index (χ0) is 26.8. The minimum Gasteiger partial charge on any atom is -0.493 e. The fourth-order valence-electron chi connectivity index (χ4n) is 3.67. The first-order valence-electron chi connectivity index (χ1n) is 11.7. The van der Waals surface area contributed by atoms with Gasteiger partial charge < -0.3 is 24.4 Å². The third-order valence-corrected chi connectivity index (χ3v) is 6.09. The first kappa shape index (κ1) is 27.8. The Morgan fingerprint density at radius 2 is 1.62 bits per heavy atom. The van der Waals surface area contributed by atoms with Gasteiger partial charge >= 0.3 is 0 Å². The highest BCUT2D eigenvalue weighted by molar-refractivity contribution is 6.32. The predicted octanol–water partition coefficient (Wildman–Crippen LogP) is 4.65. The van der Waals surface area contributed by atoms with E-state index in [9.17, 15) is 14.0 Å². The highest BCUT2D eigenvalue weighted by Gasteiger charge is 2.26. The number of nitrogens with one attached hydrogen (secondary N) is 1. The van der Waals surface area contributed by atoms with Crippen molar-refractivity contribution in [2.75, 3.05) is 27.4 Å². The Hall–Kier alpha value is -3.78. The highest BCUT2D eigenvalue weighted by Crippen LogP contribution is 2.27. The minimum absolute atomic E-state index is 0.106. The van der Waals surface area contributed by atoms with Crippen LogP contribution in [0.4, 0.5) is 4.39 Å². The van der Waals surface area contributed by atoms with Gasteiger partial charge in [0.05, 0.1) is 19.2 Å². The van der Waals surface area contributed by atoms with Gasteiger partial charge in [0.2, 0.25) is 5.91 Å². The van der Waals surface area contributed by atoms with Crippen molar-refractivity contribution in [2.45, 2.75) is 25.9 Å². The summed E-state index contributed by atoms with van der Waals surface area (Å²) in [7, 11) is 3.13. The molecule has 9 heteroatoms. The fourth-order valence-corrected chi connectivity index (χ4v) is 3.86. The predicted molar refractivity (Wildman–Crippen MR) is 140 cm³/mol. The molecular formula is C28H30ClFN2O5. The van der Waals surface area contributed by atoms with Crippen molar-refractivity contribution < 1.29 is 28.2 Å². The molecule has 37 heavy (non-hydrogen) atoms. The van der Waals surface area contributed by atoms with Gasteiger partial charge in [-0.3, -0.25) is 9.59 Å². The molecule has 0 aromatic heterocycles. The van der Waals surface area contributed by atoms with Gasteiger partial charge in [0.1, 0.15) is 17.6 Å². The van der Waals surface area contributed by atoms with Gasteiger partial charge in [-0.15, -0.1) is 0 Å². The lowest BCUT2D eigenvalue weighted by atomic mass is 10.1. The van der Waals surface area contributed by atoms with Crippen LogP contribution in [-0.2, 0) is 22.6 Å². The SMILES string of the molecule is COc1ccc(CCNC(=O)[C@@H](C)N(Cc2ccc(F)cc2)C(=O)COc2ccccc2Cl)cc1OC. The molecular weight excluding hydrogens is 499 g/mol. The maximum Gasteiger partial charge on any atom is 0.261 e. The number of hydrogen-bond donors (Lipinski definition) is 1. The van der Waals surface area contributed by atoms with Crippen molar-refractivity contribution in [3.05, 3.63) is 88.7 Å². The minimum atomic E-state index is -0.808. The highest BCUT2D eigenvalue weighted by atomic mass is 35.5. The summed E-state index contributed by atoms with van der Waals surface area (Å²) in [5, 5.41) is 3.26. The van der Waals surface area contributed by atoms with E-state index >= 15 is 0 Å². The molecule has 0 heterocycles. The van der Waals surface area contributed by atoms with Gasteiger partial charge in [0, 0.05) is 13.1 Å². The van der Waals surface area contributed by atoms with Crippen LogP contribution in [0.25, 0.3) is 0 Å². The molecule has 0 aliphatic rings. The Labute approximate surface area is 221 Å². The first-order chi connectivity index (χ1) is 17.8. The molecule has 0 saturated heterocycles. The van der Waals surface area contributed by atoms with E-state index in [0.717, 1.165) is 5.56 Å². The lowest BCUT2D eigenvalue weighted by molar-refractivity contribution is -0.142. The normalized spacial score (nSPS) is 11.4. The van der Waals surface area contributed by atoms with Crippen molar-refractivity contribution >= 4 is 23.4 Å². The molecule has 7 nitrogen and oxygen atoms in total. The van der Waals surface area contributed by atoms with E-state index in [1.165, 1.54) is 17.0 Å². The molecule has 0 radical (unpaired) electrons. The number of nitrogens with zero attached hydrogens (tertiary/aromatic N) is 1. The Morgan fingerprint density at radius 3 is 2.30 bits per heavy atom. The van der Waals surface area contributed by atoms with Gasteiger partial charge in [-0.25, -0.2) is 4.39 Å². The zero-order valence-electron chi connectivity index (χ0n) is 21.0. The van der Waals surface area contributed by atoms with E-state index in [-0.39, 0.29) is 24.9 Å². The standard InChI is InChI=1S/C28H30ClFN2O5/c1-19(28(34)31-15-14-20-10-13-25(35-2)26(16-20)36-3)32(17-21-8-11-22(30)12-9-21)27(33)18-37-24-7-5-4-6-23(24)29/h4-13,16,19H,14-15,17-18H2,1-3H3,(H,31,34)/t19-/m1/s1. The number of amides is 2. The van der Waals surface area contributed by atoms with Crippen LogP contribution in [0.2, 0.25) is 5.02 Å². The second-order valence-corrected chi connectivity index (χ2v) is 8.68. The first-order valence-corrected chi connectivity index (χ1v) is 12.1. The smallest absolute Gasteiger partial charge is 0.261 e. The summed E-state index contributed by atoms with van der Waals surface area (Å²) in [6.45, 7) is 1.79. The lowest BCUT2D eigenvalue weighted by Gasteiger charge is -2.29. The number of ether oxygens (including phenoxy) is 3. The van der Waals surface area contributed by atoms with Gasteiger partial charge in [-0.05, 0) is 60.9 Å². The van der Waals surface area contributed by atoms with Crippen molar-refractivity contribution in [3.8, 4) is 17.2 Å². The number of rotatable bonds is 12. The van der Waals surface area contributed by atoms with E-state index in [2.05, 4.69) is 5.32 Å². The number of benzene rings is 3. The molecule has 0 spiro atoms. The number of carbonyl (C=O) groups excluding carboxylic acids is 2. The van der Waals surface area contributed by atoms with E-state index in [4.69, 9.17) is 25.8 Å². The molecule has 0 bridgehead atoms. The van der Waals surface area contributed by atoms with Gasteiger partial charge in [0.15, 0.2) is 18.1 Å². The van der Waals surface area contributed by atoms with E-state index in [1.807, 2.05) is 12.1 Å². The summed E-state index contributed by atoms with van der Waals surface area (Å²) < 4.78 is 29.6. The molecule has 0 aliphatic heterocycles. The lowest BCUT2D eigenvalue weighted by Crippen LogP contribution is -2.49. The van der Waals surface area contributed by atoms with Crippen LogP contribution in [0.15, 0.2) is 66.7 Å². The Morgan fingerprint density at radius 1 is 0.946 bits per heavy atom. The van der Waals surface area contributed by atoms with E-state index in [1.54, 1.807) is 63.6 Å². The molecule has 1 N–H and O–H groups in total. The molecule has 3 rings (SSSR count). The van der Waals surface area contributed by atoms with E-state index < -0.39 is 11.9 Å². The number of hydrogen-bond acceptors (Lipinski definition) is 5. The van der Waals surface area contributed by atoms with Crippen LogP contribution in [0, 0.1) is 5.82 Å². The van der Waals surface area contributed by atoms with Crippen LogP contribution < -0.4 is 19.5 Å². The monoisotopic (exact) mass is 528 g/mol. The second-order valence-electron chi connectivity index (χ2n) is 8.27. The molecule has 1 atom stereocenters. The Kier molecular flexibility index (Phi) is 10.1. The molecule has 0 saturated carbocycles. The Bertz CT molecular complexity index is 1210. The number of methoxy groups -OCH3 is 2. The molecule has 0 aliphatic carbocycles. The summed E-state index contributed by atoms with van der Waals surface area (Å²) in [6.07, 6.45) is 0.556. The van der Waals surface area contributed by atoms with Crippen LogP contribution in [-0.4, -0.2) is 50.1 Å². The average Bonchev–Trinajstić information content (AvgIpc) is 2.91. The quantitative estimate of drug-likeness (QED) is 0.370. The molecule has 2 amide bonds. The Balaban J connectivity index is 1.66. The third kappa shape index (κ3) is 7.85. The average molecular weight is 529 g/mol. The second kappa shape index (κ2) is 13.5. The van der Waals surface area contributed by atoms with Crippen LogP contribution in [0.5, 0.6) is 17.2 Å². The molecule has 196 valence electrons. The number of para-hydroxylation sites is 1. The summed E-state index contributed by atoms with van der Waals surface area (Å²) >= 11 is 6.12. The summed E-state index contributed by atoms with van der Waals surface area (Å²) in [4.78, 5) is 27.6.